The molecule has 2 aliphatic carbocycles. The van der Waals surface area contributed by atoms with Crippen molar-refractivity contribution in [3.63, 3.8) is 0 Å². The third-order valence-electron chi connectivity index (χ3n) is 7.92. The number of nitrogens with one attached hydrogen (secondary N) is 1. The van der Waals surface area contributed by atoms with Crippen molar-refractivity contribution in [1.29, 1.82) is 0 Å². The normalized spacial score (nSPS) is 20.3. The first-order chi connectivity index (χ1) is 17.0. The summed E-state index contributed by atoms with van der Waals surface area (Å²) in [4.78, 5) is 39.3. The molecular weight excluding hydrogens is 444 g/mol. The molecule has 2 amide bonds. The number of rotatable bonds is 7. The summed E-state index contributed by atoms with van der Waals surface area (Å²) >= 11 is 0. The van der Waals surface area contributed by atoms with Gasteiger partial charge < -0.3 is 20.1 Å². The molecule has 1 saturated carbocycles. The van der Waals surface area contributed by atoms with Gasteiger partial charge in [-0.05, 0) is 60.3 Å². The molecule has 1 aliphatic heterocycles. The first-order valence-electron chi connectivity index (χ1n) is 12.7. The van der Waals surface area contributed by atoms with Crippen molar-refractivity contribution >= 4 is 18.0 Å². The SMILES string of the molecule is O=C(NCC(C(=O)N1CCCC[C@@H]1C(=O)O)C1CCC1)OCC1c2ccccc2-c2ccccc21. The second-order valence-corrected chi connectivity index (χ2v) is 9.89. The number of piperidine rings is 1. The minimum atomic E-state index is -0.949. The smallest absolute Gasteiger partial charge is 0.407 e. The highest BCUT2D eigenvalue weighted by Gasteiger charge is 2.40. The zero-order valence-corrected chi connectivity index (χ0v) is 19.8. The van der Waals surface area contributed by atoms with Crippen LogP contribution in [0.2, 0.25) is 0 Å². The summed E-state index contributed by atoms with van der Waals surface area (Å²) < 4.78 is 5.64. The lowest BCUT2D eigenvalue weighted by Crippen LogP contribution is -2.53. The van der Waals surface area contributed by atoms with E-state index in [4.69, 9.17) is 4.74 Å². The maximum absolute atomic E-state index is 13.4. The maximum Gasteiger partial charge on any atom is 0.407 e. The fourth-order valence-electron chi connectivity index (χ4n) is 5.81. The molecule has 0 spiro atoms. The first-order valence-corrected chi connectivity index (χ1v) is 12.7. The van der Waals surface area contributed by atoms with Crippen LogP contribution in [-0.4, -0.2) is 53.7 Å². The Morgan fingerprint density at radius 1 is 0.943 bits per heavy atom. The summed E-state index contributed by atoms with van der Waals surface area (Å²) in [6.07, 6.45) is 4.47. The summed E-state index contributed by atoms with van der Waals surface area (Å²) in [5.74, 6) is -1.37. The van der Waals surface area contributed by atoms with Crippen molar-refractivity contribution < 1.29 is 24.2 Å². The number of fused-ring (bicyclic) bond motifs is 3. The average molecular weight is 477 g/mol. The molecule has 2 fully saturated rings. The topological polar surface area (TPSA) is 95.9 Å². The molecule has 184 valence electrons. The Morgan fingerprint density at radius 3 is 2.20 bits per heavy atom. The fraction of sp³-hybridized carbons (Fsp3) is 0.464. The van der Waals surface area contributed by atoms with Crippen LogP contribution in [0.3, 0.4) is 0 Å². The van der Waals surface area contributed by atoms with Crippen LogP contribution < -0.4 is 5.32 Å². The third kappa shape index (κ3) is 4.64. The fourth-order valence-corrected chi connectivity index (χ4v) is 5.81. The number of hydrogen-bond acceptors (Lipinski definition) is 4. The lowest BCUT2D eigenvalue weighted by Gasteiger charge is -2.40. The quantitative estimate of drug-likeness (QED) is 0.617. The van der Waals surface area contributed by atoms with E-state index in [1.165, 1.54) is 16.0 Å². The van der Waals surface area contributed by atoms with Crippen molar-refractivity contribution in [2.45, 2.75) is 50.5 Å². The summed E-state index contributed by atoms with van der Waals surface area (Å²) in [7, 11) is 0. The van der Waals surface area contributed by atoms with Gasteiger partial charge in [0.05, 0.1) is 5.92 Å². The van der Waals surface area contributed by atoms with E-state index in [0.717, 1.165) is 43.2 Å². The first kappa shape index (κ1) is 23.4. The second kappa shape index (κ2) is 10.1. The largest absolute Gasteiger partial charge is 0.480 e. The summed E-state index contributed by atoms with van der Waals surface area (Å²) in [6.45, 7) is 0.849. The molecule has 0 aromatic heterocycles. The number of ether oxygens (including phenoxy) is 1. The summed E-state index contributed by atoms with van der Waals surface area (Å²) in [5.41, 5.74) is 4.63. The lowest BCUT2D eigenvalue weighted by atomic mass is 9.75. The van der Waals surface area contributed by atoms with E-state index in [2.05, 4.69) is 29.6 Å². The van der Waals surface area contributed by atoms with Crippen LogP contribution in [0.4, 0.5) is 4.79 Å². The molecule has 7 heteroatoms. The molecule has 0 radical (unpaired) electrons. The summed E-state index contributed by atoms with van der Waals surface area (Å²) in [5, 5.41) is 12.4. The Morgan fingerprint density at radius 2 is 1.60 bits per heavy atom. The zero-order valence-electron chi connectivity index (χ0n) is 19.8. The van der Waals surface area contributed by atoms with E-state index < -0.39 is 24.0 Å². The number of hydrogen-bond donors (Lipinski definition) is 2. The molecule has 35 heavy (non-hydrogen) atoms. The molecule has 2 aromatic carbocycles. The highest BCUT2D eigenvalue weighted by molar-refractivity contribution is 5.86. The van der Waals surface area contributed by atoms with Crippen LogP contribution >= 0.6 is 0 Å². The van der Waals surface area contributed by atoms with E-state index in [-0.39, 0.29) is 30.9 Å². The predicted molar refractivity (Wildman–Crippen MR) is 131 cm³/mol. The molecule has 1 saturated heterocycles. The van der Waals surface area contributed by atoms with Gasteiger partial charge in [0.2, 0.25) is 5.91 Å². The number of aliphatic carboxylic acids is 1. The number of carboxylic acid groups (broad SMARTS) is 1. The van der Waals surface area contributed by atoms with Gasteiger partial charge >= 0.3 is 12.1 Å². The van der Waals surface area contributed by atoms with Gasteiger partial charge in [0.1, 0.15) is 12.6 Å². The number of alkyl carbamates (subject to hydrolysis) is 1. The number of likely N-dealkylation sites (tertiary alicyclic amines) is 1. The molecule has 7 nitrogen and oxygen atoms in total. The van der Waals surface area contributed by atoms with Crippen LogP contribution in [0.1, 0.15) is 55.6 Å². The monoisotopic (exact) mass is 476 g/mol. The maximum atomic E-state index is 13.4. The minimum absolute atomic E-state index is 0.0260. The van der Waals surface area contributed by atoms with Crippen molar-refractivity contribution in [2.75, 3.05) is 19.7 Å². The van der Waals surface area contributed by atoms with Crippen molar-refractivity contribution in [3.8, 4) is 11.1 Å². The Hall–Kier alpha value is -3.35. The van der Waals surface area contributed by atoms with Gasteiger partial charge in [-0.3, -0.25) is 4.79 Å². The molecule has 0 bridgehead atoms. The van der Waals surface area contributed by atoms with E-state index in [1.54, 1.807) is 0 Å². The van der Waals surface area contributed by atoms with Gasteiger partial charge in [0.25, 0.3) is 0 Å². The number of carbonyl (C=O) groups excluding carboxylic acids is 2. The van der Waals surface area contributed by atoms with Crippen LogP contribution in [0.5, 0.6) is 0 Å². The van der Waals surface area contributed by atoms with Gasteiger partial charge in [0.15, 0.2) is 0 Å². The number of carboxylic acids is 1. The van der Waals surface area contributed by atoms with Crippen molar-refractivity contribution in [2.24, 2.45) is 11.8 Å². The van der Waals surface area contributed by atoms with Gasteiger partial charge in [-0.2, -0.15) is 0 Å². The molecule has 2 aromatic rings. The molecular formula is C28H32N2O5. The Kier molecular flexibility index (Phi) is 6.75. The number of benzene rings is 2. The molecule has 3 aliphatic rings. The highest BCUT2D eigenvalue weighted by Crippen LogP contribution is 2.44. The predicted octanol–water partition coefficient (Wildman–Crippen LogP) is 4.41. The standard InChI is InChI=1S/C28H32N2O5/c31-26(30-15-6-5-14-25(30)27(32)33)23(18-8-7-9-18)16-29-28(34)35-17-24-21-12-3-1-10-19(21)20-11-2-4-13-22(20)24/h1-4,10-13,18,23-25H,5-9,14-17H2,(H,29,34)(H,32,33)/t23?,25-/m1/s1. The van der Waals surface area contributed by atoms with Crippen LogP contribution in [0, 0.1) is 11.8 Å². The van der Waals surface area contributed by atoms with Crippen LogP contribution in [-0.2, 0) is 14.3 Å². The Labute approximate surface area is 205 Å². The van der Waals surface area contributed by atoms with E-state index in [9.17, 15) is 19.5 Å². The summed E-state index contributed by atoms with van der Waals surface area (Å²) in [6, 6.07) is 15.6. The second-order valence-electron chi connectivity index (χ2n) is 9.89. The Bertz CT molecular complexity index is 1070. The molecule has 2 N–H and O–H groups in total. The van der Waals surface area contributed by atoms with Crippen LogP contribution in [0.25, 0.3) is 11.1 Å². The van der Waals surface area contributed by atoms with Crippen molar-refractivity contribution in [3.05, 3.63) is 59.7 Å². The molecule has 1 heterocycles. The van der Waals surface area contributed by atoms with Gasteiger partial charge in [-0.15, -0.1) is 0 Å². The highest BCUT2D eigenvalue weighted by atomic mass is 16.5. The van der Waals surface area contributed by atoms with Gasteiger partial charge in [-0.25, -0.2) is 9.59 Å². The van der Waals surface area contributed by atoms with Gasteiger partial charge in [0, 0.05) is 19.0 Å². The van der Waals surface area contributed by atoms with Gasteiger partial charge in [-0.1, -0.05) is 55.0 Å². The number of carbonyl (C=O) groups is 3. The van der Waals surface area contributed by atoms with E-state index in [1.807, 2.05) is 24.3 Å². The van der Waals surface area contributed by atoms with Crippen molar-refractivity contribution in [1.82, 2.24) is 10.2 Å². The molecule has 2 atom stereocenters. The number of amides is 2. The van der Waals surface area contributed by atoms with E-state index in [0.29, 0.717) is 13.0 Å². The van der Waals surface area contributed by atoms with E-state index >= 15 is 0 Å². The minimum Gasteiger partial charge on any atom is -0.480 e. The molecule has 5 rings (SSSR count). The Balaban J connectivity index is 1.22. The zero-order chi connectivity index (χ0) is 24.4. The third-order valence-corrected chi connectivity index (χ3v) is 7.92. The lowest BCUT2D eigenvalue weighted by molar-refractivity contribution is -0.155. The molecule has 1 unspecified atom stereocenters. The van der Waals surface area contributed by atoms with Crippen LogP contribution in [0.15, 0.2) is 48.5 Å². The average Bonchev–Trinajstić information content (AvgIpc) is 3.17. The number of nitrogens with zero attached hydrogens (tertiary/aromatic N) is 1.